The Kier molecular flexibility index (Phi) is 3.19. The normalized spacial score (nSPS) is 23.0. The summed E-state index contributed by atoms with van der Waals surface area (Å²) in [6, 6.07) is 30.3. The molecule has 0 spiro atoms. The van der Waals surface area contributed by atoms with Crippen molar-refractivity contribution in [2.45, 2.75) is 19.3 Å². The van der Waals surface area contributed by atoms with E-state index in [1.165, 1.54) is 49.4 Å². The van der Waals surface area contributed by atoms with E-state index in [1.54, 1.807) is 10.9 Å². The van der Waals surface area contributed by atoms with Crippen molar-refractivity contribution >= 4 is 104 Å². The summed E-state index contributed by atoms with van der Waals surface area (Å²) in [4.78, 5) is 0. The van der Waals surface area contributed by atoms with Crippen LogP contribution in [0.25, 0.3) is 27.5 Å². The molecule has 0 bridgehead atoms. The summed E-state index contributed by atoms with van der Waals surface area (Å²) in [5, 5.41) is 4.34. The van der Waals surface area contributed by atoms with E-state index < -0.39 is 6.39 Å². The topological polar surface area (TPSA) is 17.3 Å². The fourth-order valence-electron chi connectivity index (χ4n) is 8.46. The maximum atomic E-state index is 5.80. The van der Waals surface area contributed by atoms with Gasteiger partial charge in [0.05, 0.1) is 0 Å². The molecular formula is C27H19B7N2P2-. The van der Waals surface area contributed by atoms with Crippen LogP contribution in [0.2, 0.25) is 0 Å². The standard InChI is InChI=1S/C27H19B7N2P2/c1-27(2)18-15-14-17-16-8-3-5-11-21(16)36-22-12-6-4-9-19(22)31(25(18)26(17)36)20-10-7-13-23(24(20)27)38(29-32(38)30-38)35-37-33-28-34(33)37/h3-15H,1-2H3/q-1. The van der Waals surface area contributed by atoms with Gasteiger partial charge in [-0.1, -0.05) is 0 Å². The monoisotopic (exact) mass is 510 g/mol. The van der Waals surface area contributed by atoms with Crippen LogP contribution in [0, 0.1) is 0 Å². The predicted molar refractivity (Wildman–Crippen MR) is 174 cm³/mol. The van der Waals surface area contributed by atoms with Crippen LogP contribution in [0.15, 0.2) is 83.4 Å². The molecule has 5 aromatic rings. The predicted octanol–water partition coefficient (Wildman–Crippen LogP) is 3.05. The average molecular weight is 509 g/mol. The van der Waals surface area contributed by atoms with E-state index in [2.05, 4.69) is 118 Å². The van der Waals surface area contributed by atoms with E-state index in [4.69, 9.17) is 4.52 Å². The molecule has 0 unspecified atom stereocenters. The van der Waals surface area contributed by atoms with Gasteiger partial charge in [-0.2, -0.15) is 0 Å². The second kappa shape index (κ2) is 5.89. The molecule has 0 atom stereocenters. The number of para-hydroxylation sites is 2. The molecule has 4 fully saturated rings. The second-order valence-electron chi connectivity index (χ2n) is 12.8. The van der Waals surface area contributed by atoms with Gasteiger partial charge < -0.3 is 0 Å². The first-order chi connectivity index (χ1) is 18.5. The number of fused-ring (bicyclic) bond motifs is 10. The van der Waals surface area contributed by atoms with Crippen molar-refractivity contribution in [1.82, 2.24) is 4.57 Å². The number of hydrogen-bond donors (Lipinski definition) is 0. The van der Waals surface area contributed by atoms with Crippen molar-refractivity contribution in [3.05, 3.63) is 90.0 Å². The minimum absolute atomic E-state index is 0.0784. The van der Waals surface area contributed by atoms with Gasteiger partial charge in [0.25, 0.3) is 0 Å². The zero-order valence-electron chi connectivity index (χ0n) is 21.3. The number of rotatable bonds is 2. The summed E-state index contributed by atoms with van der Waals surface area (Å²) in [5.41, 5.74) is 11.5. The molecule has 11 heteroatoms. The summed E-state index contributed by atoms with van der Waals surface area (Å²) in [6.45, 7) is 10.6. The van der Waals surface area contributed by atoms with E-state index in [1.807, 2.05) is 0 Å². The van der Waals surface area contributed by atoms with Gasteiger partial charge in [0.2, 0.25) is 0 Å². The van der Waals surface area contributed by atoms with Gasteiger partial charge in [-0.15, -0.1) is 0 Å². The molecule has 0 N–H and O–H groups in total. The van der Waals surface area contributed by atoms with Crippen LogP contribution in [0.5, 0.6) is 0 Å². The van der Waals surface area contributed by atoms with Gasteiger partial charge in [-0.3, -0.25) is 0 Å². The van der Waals surface area contributed by atoms with Crippen LogP contribution < -0.4 is 21.7 Å². The van der Waals surface area contributed by atoms with Gasteiger partial charge in [-0.25, -0.2) is 0 Å². The van der Waals surface area contributed by atoms with Gasteiger partial charge in [-0.05, 0) is 0 Å². The summed E-state index contributed by atoms with van der Waals surface area (Å²) in [6.07, 6.45) is 0.101. The van der Waals surface area contributed by atoms with E-state index in [-0.39, 0.29) is 19.6 Å². The van der Waals surface area contributed by atoms with Crippen LogP contribution >= 0.6 is 13.9 Å². The minimum atomic E-state index is -2.28. The zero-order valence-corrected chi connectivity index (χ0v) is 23.1. The molecule has 7 heterocycles. The molecule has 4 saturated heterocycles. The fourth-order valence-corrected chi connectivity index (χ4v) is 18.0. The first-order valence-corrected chi connectivity index (χ1v) is 17.8. The van der Waals surface area contributed by atoms with Gasteiger partial charge in [0.1, 0.15) is 0 Å². The first kappa shape index (κ1) is 20.6. The van der Waals surface area contributed by atoms with Crippen molar-refractivity contribution in [2.75, 3.05) is 0 Å². The Morgan fingerprint density at radius 1 is 0.895 bits per heavy atom. The molecule has 0 amide bonds. The van der Waals surface area contributed by atoms with Crippen molar-refractivity contribution in [2.24, 2.45) is 4.52 Å². The third kappa shape index (κ3) is 2.04. The van der Waals surface area contributed by atoms with Gasteiger partial charge >= 0.3 is 228 Å². The Morgan fingerprint density at radius 3 is 2.45 bits per heavy atom. The molecule has 0 saturated carbocycles. The summed E-state index contributed by atoms with van der Waals surface area (Å²) in [7, 11) is 2.42. The molecule has 38 heavy (non-hydrogen) atoms. The van der Waals surface area contributed by atoms with E-state index in [0.717, 1.165) is 12.4 Å². The molecule has 2 nitrogen and oxygen atoms in total. The van der Waals surface area contributed by atoms with Crippen molar-refractivity contribution in [3.8, 4) is 5.69 Å². The Labute approximate surface area is 226 Å². The molecule has 6 aliphatic heterocycles. The Balaban J connectivity index is 1.29. The molecule has 1 aromatic heterocycles. The molecule has 11 rings (SSSR count). The van der Waals surface area contributed by atoms with Crippen LogP contribution in [0.3, 0.4) is 0 Å². The quantitative estimate of drug-likeness (QED) is 0.253. The third-order valence-corrected chi connectivity index (χ3v) is 19.1. The Hall–Kier alpha value is -2.34. The molecular weight excluding hydrogens is 490 g/mol. The Morgan fingerprint density at radius 2 is 1.66 bits per heavy atom. The SMILES string of the molecule is CC1(C)c2ccc3c4ccccc4n4c3c2B(c2ccccc2-4)c2cccc(P34(N=[P+]5B6[B-]B65)[B]B3[B-]4)c21. The molecule has 6 aliphatic rings. The number of hydrogen-bond acceptors (Lipinski definition) is 1. The second-order valence-corrected chi connectivity index (χ2v) is 19.8. The average Bonchev–Trinajstić information content (AvgIpc) is 3.84. The van der Waals surface area contributed by atoms with Crippen molar-refractivity contribution in [1.29, 1.82) is 0 Å². The first-order valence-electron chi connectivity index (χ1n) is 13.9. The molecule has 4 aromatic carbocycles. The van der Waals surface area contributed by atoms with E-state index in [9.17, 15) is 0 Å². The maximum absolute atomic E-state index is 5.80. The van der Waals surface area contributed by atoms with Gasteiger partial charge in [0.15, 0.2) is 0 Å². The van der Waals surface area contributed by atoms with Crippen LogP contribution in [0.1, 0.15) is 25.0 Å². The van der Waals surface area contributed by atoms with Crippen LogP contribution in [0.4, 0.5) is 0 Å². The van der Waals surface area contributed by atoms with Gasteiger partial charge in [0, 0.05) is 0 Å². The van der Waals surface area contributed by atoms with Crippen molar-refractivity contribution < 1.29 is 0 Å². The molecule has 5 radical (unpaired) electrons. The number of benzene rings is 4. The summed E-state index contributed by atoms with van der Waals surface area (Å²) >= 11 is 0. The molecule has 169 valence electrons. The van der Waals surface area contributed by atoms with Crippen LogP contribution in [-0.4, -0.2) is 50.8 Å². The fraction of sp³-hybridized carbons (Fsp3) is 0.111. The number of nitrogens with zero attached hydrogens (tertiary/aromatic N) is 2. The van der Waals surface area contributed by atoms with E-state index >= 15 is 0 Å². The summed E-state index contributed by atoms with van der Waals surface area (Å²) < 4.78 is 8.36. The van der Waals surface area contributed by atoms with Crippen LogP contribution in [-0.2, 0) is 5.41 Å². The number of aromatic nitrogens is 1. The summed E-state index contributed by atoms with van der Waals surface area (Å²) in [5.74, 6) is 0. The van der Waals surface area contributed by atoms with E-state index in [0.29, 0.717) is 6.21 Å². The molecule has 0 aliphatic carbocycles. The zero-order chi connectivity index (χ0) is 24.8. The third-order valence-electron chi connectivity index (χ3n) is 10.7. The van der Waals surface area contributed by atoms with Crippen molar-refractivity contribution in [3.63, 3.8) is 0 Å². The Bertz CT molecular complexity index is 2050.